The molecule has 1 saturated heterocycles. The van der Waals surface area contributed by atoms with Gasteiger partial charge in [-0.2, -0.15) is 0 Å². The highest BCUT2D eigenvalue weighted by Gasteiger charge is 2.53. The first kappa shape index (κ1) is 21.4. The van der Waals surface area contributed by atoms with Crippen LogP contribution in [0.5, 0.6) is 0 Å². The molecule has 3 saturated carbocycles. The Morgan fingerprint density at radius 3 is 2.88 bits per heavy atom. The fourth-order valence-corrected chi connectivity index (χ4v) is 6.32. The van der Waals surface area contributed by atoms with Crippen LogP contribution in [0.3, 0.4) is 0 Å². The van der Waals surface area contributed by atoms with Crippen LogP contribution < -0.4 is 10.6 Å². The van der Waals surface area contributed by atoms with Gasteiger partial charge in [0.1, 0.15) is 11.3 Å². The molecule has 2 N–H and O–H groups in total. The van der Waals surface area contributed by atoms with Gasteiger partial charge in [-0.1, -0.05) is 19.9 Å². The molecule has 0 unspecified atom stereocenters. The lowest BCUT2D eigenvalue weighted by Crippen LogP contribution is -2.54. The molecule has 4 aliphatic rings. The maximum atomic E-state index is 13.1. The molecule has 0 radical (unpaired) electrons. The standard InChI is InChI=1S/C25H35N5O2/c1-16-13-26-9-10-29(16)23(31)12-19-15-30-21(5-4-6-22(30)28-19)24(32)27-14-17-7-8-18-11-20(17)25(18,2)3/h4-6,15-18,20,26H,7-14H2,1-3H3,(H,27,32)/t16-,17+,18-,20+/m1/s1. The predicted octanol–water partition coefficient (Wildman–Crippen LogP) is 2.50. The Labute approximate surface area is 190 Å². The second-order valence-corrected chi connectivity index (χ2v) is 10.6. The summed E-state index contributed by atoms with van der Waals surface area (Å²) < 4.78 is 1.82. The molecule has 4 atom stereocenters. The molecule has 2 aromatic rings. The number of hydrogen-bond acceptors (Lipinski definition) is 4. The zero-order valence-electron chi connectivity index (χ0n) is 19.4. The van der Waals surface area contributed by atoms with Gasteiger partial charge in [0.2, 0.25) is 5.91 Å². The van der Waals surface area contributed by atoms with Crippen LogP contribution in [0, 0.1) is 23.2 Å². The number of nitrogens with zero attached hydrogens (tertiary/aromatic N) is 3. The molecule has 4 fully saturated rings. The largest absolute Gasteiger partial charge is 0.350 e. The monoisotopic (exact) mass is 437 g/mol. The van der Waals surface area contributed by atoms with E-state index in [0.717, 1.165) is 38.0 Å². The van der Waals surface area contributed by atoms with Crippen LogP contribution in [0.2, 0.25) is 0 Å². The summed E-state index contributed by atoms with van der Waals surface area (Å²) in [5.41, 5.74) is 2.40. The van der Waals surface area contributed by atoms with Crippen LogP contribution in [0.15, 0.2) is 24.4 Å². The molecule has 2 amide bonds. The summed E-state index contributed by atoms with van der Waals surface area (Å²) in [6.07, 6.45) is 5.91. The lowest BCUT2D eigenvalue weighted by Gasteiger charge is -2.60. The second kappa shape index (κ2) is 8.18. The third kappa shape index (κ3) is 3.70. The fourth-order valence-electron chi connectivity index (χ4n) is 6.32. The van der Waals surface area contributed by atoms with E-state index in [0.29, 0.717) is 28.4 Å². The van der Waals surface area contributed by atoms with Gasteiger partial charge in [0.25, 0.3) is 5.91 Å². The number of imidazole rings is 1. The highest BCUT2D eigenvalue weighted by Crippen LogP contribution is 2.61. The fraction of sp³-hybridized carbons (Fsp3) is 0.640. The summed E-state index contributed by atoms with van der Waals surface area (Å²) in [7, 11) is 0. The molecular weight excluding hydrogens is 402 g/mol. The molecule has 2 aromatic heterocycles. The smallest absolute Gasteiger partial charge is 0.268 e. The normalized spacial score (nSPS) is 28.9. The topological polar surface area (TPSA) is 78.7 Å². The van der Waals surface area contributed by atoms with E-state index in [2.05, 4.69) is 36.4 Å². The average molecular weight is 438 g/mol. The van der Waals surface area contributed by atoms with Gasteiger partial charge in [-0.05, 0) is 61.5 Å². The average Bonchev–Trinajstić information content (AvgIpc) is 3.20. The summed E-state index contributed by atoms with van der Waals surface area (Å²) in [5, 5.41) is 6.50. The number of carbonyl (C=O) groups is 2. The Morgan fingerprint density at radius 2 is 2.12 bits per heavy atom. The maximum absolute atomic E-state index is 13.1. The summed E-state index contributed by atoms with van der Waals surface area (Å²) in [5.74, 6) is 2.17. The molecule has 3 aliphatic carbocycles. The highest BCUT2D eigenvalue weighted by atomic mass is 16.2. The molecule has 0 aromatic carbocycles. The van der Waals surface area contributed by atoms with Crippen molar-refractivity contribution < 1.29 is 9.59 Å². The molecule has 7 heteroatoms. The van der Waals surface area contributed by atoms with Crippen molar-refractivity contribution >= 4 is 17.5 Å². The van der Waals surface area contributed by atoms with Gasteiger partial charge in [0.15, 0.2) is 0 Å². The first-order valence-corrected chi connectivity index (χ1v) is 12.1. The van der Waals surface area contributed by atoms with Crippen LogP contribution in [0.4, 0.5) is 0 Å². The van der Waals surface area contributed by atoms with E-state index in [-0.39, 0.29) is 24.3 Å². The Kier molecular flexibility index (Phi) is 5.48. The van der Waals surface area contributed by atoms with Gasteiger partial charge in [-0.25, -0.2) is 4.98 Å². The Bertz CT molecular complexity index is 1030. The first-order valence-electron chi connectivity index (χ1n) is 12.1. The lowest BCUT2D eigenvalue weighted by atomic mass is 9.45. The third-order valence-corrected chi connectivity index (χ3v) is 8.45. The van der Waals surface area contributed by atoms with Gasteiger partial charge < -0.3 is 15.5 Å². The molecule has 32 heavy (non-hydrogen) atoms. The van der Waals surface area contributed by atoms with E-state index < -0.39 is 0 Å². The van der Waals surface area contributed by atoms with E-state index >= 15 is 0 Å². The number of rotatable bonds is 5. The highest BCUT2D eigenvalue weighted by molar-refractivity contribution is 5.93. The van der Waals surface area contributed by atoms with Gasteiger partial charge in [-0.3, -0.25) is 14.0 Å². The van der Waals surface area contributed by atoms with Gasteiger partial charge >= 0.3 is 0 Å². The van der Waals surface area contributed by atoms with Crippen molar-refractivity contribution in [2.45, 2.75) is 52.5 Å². The first-order chi connectivity index (χ1) is 15.3. The van der Waals surface area contributed by atoms with Crippen LogP contribution in [-0.4, -0.2) is 58.3 Å². The van der Waals surface area contributed by atoms with Crippen molar-refractivity contribution in [3.8, 4) is 0 Å². The minimum Gasteiger partial charge on any atom is -0.350 e. The number of aromatic nitrogens is 2. The molecule has 1 aliphatic heterocycles. The molecular formula is C25H35N5O2. The number of amides is 2. The second-order valence-electron chi connectivity index (χ2n) is 10.6. The van der Waals surface area contributed by atoms with Crippen molar-refractivity contribution in [3.05, 3.63) is 35.8 Å². The van der Waals surface area contributed by atoms with Crippen LogP contribution in [-0.2, 0) is 11.2 Å². The lowest BCUT2D eigenvalue weighted by molar-refractivity contribution is -0.133. The van der Waals surface area contributed by atoms with Crippen LogP contribution >= 0.6 is 0 Å². The summed E-state index contributed by atoms with van der Waals surface area (Å²) >= 11 is 0. The van der Waals surface area contributed by atoms with Crippen molar-refractivity contribution in [2.75, 3.05) is 26.2 Å². The number of hydrogen-bond donors (Lipinski definition) is 2. The Balaban J connectivity index is 1.27. The number of pyridine rings is 1. The Morgan fingerprint density at radius 1 is 1.28 bits per heavy atom. The van der Waals surface area contributed by atoms with E-state index in [1.165, 1.54) is 19.3 Å². The maximum Gasteiger partial charge on any atom is 0.268 e. The minimum atomic E-state index is -0.0687. The molecule has 172 valence electrons. The molecule has 2 bridgehead atoms. The zero-order chi connectivity index (χ0) is 22.5. The predicted molar refractivity (Wildman–Crippen MR) is 123 cm³/mol. The van der Waals surface area contributed by atoms with Crippen molar-refractivity contribution in [1.29, 1.82) is 0 Å². The number of piperazine rings is 1. The van der Waals surface area contributed by atoms with Crippen LogP contribution in [0.1, 0.15) is 56.2 Å². The van der Waals surface area contributed by atoms with Crippen LogP contribution in [0.25, 0.3) is 5.65 Å². The number of fused-ring (bicyclic) bond motifs is 3. The van der Waals surface area contributed by atoms with Crippen molar-refractivity contribution in [3.63, 3.8) is 0 Å². The summed E-state index contributed by atoms with van der Waals surface area (Å²) in [6, 6.07) is 5.76. The van der Waals surface area contributed by atoms with E-state index in [1.54, 1.807) is 0 Å². The van der Waals surface area contributed by atoms with Gasteiger partial charge in [0.05, 0.1) is 12.1 Å². The van der Waals surface area contributed by atoms with Crippen molar-refractivity contribution in [2.24, 2.45) is 23.2 Å². The summed E-state index contributed by atoms with van der Waals surface area (Å²) in [6.45, 7) is 9.93. The molecule has 6 rings (SSSR count). The minimum absolute atomic E-state index is 0.0687. The van der Waals surface area contributed by atoms with Gasteiger partial charge in [0, 0.05) is 38.4 Å². The Hall–Kier alpha value is -2.41. The van der Waals surface area contributed by atoms with E-state index in [1.807, 2.05) is 33.7 Å². The van der Waals surface area contributed by atoms with E-state index in [4.69, 9.17) is 0 Å². The molecule has 0 spiro atoms. The third-order valence-electron chi connectivity index (χ3n) is 8.45. The molecule has 3 heterocycles. The quantitative estimate of drug-likeness (QED) is 0.753. The van der Waals surface area contributed by atoms with Gasteiger partial charge in [-0.15, -0.1) is 0 Å². The SMILES string of the molecule is C[C@@H]1CNCCN1C(=O)Cc1cn2c(C(=O)NC[C@@H]3CC[C@@H]4C[C@@H]3C4(C)C)cccc2n1. The number of nitrogens with one attached hydrogen (secondary N) is 2. The van der Waals surface area contributed by atoms with E-state index in [9.17, 15) is 9.59 Å². The van der Waals surface area contributed by atoms with Crippen molar-refractivity contribution in [1.82, 2.24) is 24.9 Å². The number of carbonyl (C=O) groups excluding carboxylic acids is 2. The summed E-state index contributed by atoms with van der Waals surface area (Å²) in [4.78, 5) is 32.4. The molecule has 7 nitrogen and oxygen atoms in total. The zero-order valence-corrected chi connectivity index (χ0v) is 19.4.